The van der Waals surface area contributed by atoms with E-state index in [0.717, 1.165) is 22.2 Å². The zero-order valence-electron chi connectivity index (χ0n) is 8.42. The third kappa shape index (κ3) is 1.26. The number of methoxy groups -OCH3 is 1. The zero-order valence-corrected chi connectivity index (χ0v) is 8.42. The van der Waals surface area contributed by atoms with E-state index in [-0.39, 0.29) is 0 Å². The summed E-state index contributed by atoms with van der Waals surface area (Å²) in [6.45, 7) is 2.60. The zero-order chi connectivity index (χ0) is 10.1. The van der Waals surface area contributed by atoms with Gasteiger partial charge in [-0.3, -0.25) is 0 Å². The van der Waals surface area contributed by atoms with Crippen LogP contribution < -0.4 is 10.5 Å². The number of H-pyrrole nitrogens is 1. The molecule has 0 aliphatic rings. The van der Waals surface area contributed by atoms with E-state index in [9.17, 15) is 0 Å². The van der Waals surface area contributed by atoms with E-state index >= 15 is 0 Å². The number of fused-ring (bicyclic) bond motifs is 1. The number of hydrogen-bond donors (Lipinski definition) is 2. The van der Waals surface area contributed by atoms with Gasteiger partial charge in [-0.05, 0) is 30.2 Å². The van der Waals surface area contributed by atoms with Gasteiger partial charge in [0, 0.05) is 18.1 Å². The van der Waals surface area contributed by atoms with Gasteiger partial charge < -0.3 is 15.5 Å². The molecule has 2 rings (SSSR count). The first kappa shape index (κ1) is 9.09. The number of nitrogens with two attached hydrogens (primary N) is 1. The second-order valence-electron chi connectivity index (χ2n) is 3.41. The number of ether oxygens (including phenoxy) is 1. The van der Waals surface area contributed by atoms with Gasteiger partial charge in [0.2, 0.25) is 0 Å². The molecule has 0 radical (unpaired) electrons. The molecule has 0 aliphatic heterocycles. The molecule has 0 fully saturated rings. The summed E-state index contributed by atoms with van der Waals surface area (Å²) >= 11 is 0. The van der Waals surface area contributed by atoms with Gasteiger partial charge in [-0.25, -0.2) is 0 Å². The van der Waals surface area contributed by atoms with Crippen LogP contribution in [-0.4, -0.2) is 12.1 Å². The fourth-order valence-electron chi connectivity index (χ4n) is 1.72. The molecule has 0 spiro atoms. The Morgan fingerprint density at radius 3 is 2.86 bits per heavy atom. The lowest BCUT2D eigenvalue weighted by atomic mass is 10.1. The second kappa shape index (κ2) is 3.35. The molecule has 0 aliphatic carbocycles. The van der Waals surface area contributed by atoms with E-state index in [1.165, 1.54) is 5.56 Å². The van der Waals surface area contributed by atoms with Crippen LogP contribution in [0.5, 0.6) is 5.75 Å². The Bertz CT molecular complexity index is 460. The summed E-state index contributed by atoms with van der Waals surface area (Å²) in [6.07, 6.45) is 1.94. The van der Waals surface area contributed by atoms with E-state index in [2.05, 4.69) is 18.0 Å². The Labute approximate surface area is 82.9 Å². The molecule has 0 bridgehead atoms. The Kier molecular flexibility index (Phi) is 2.17. The van der Waals surface area contributed by atoms with Crippen LogP contribution in [0, 0.1) is 6.92 Å². The molecular formula is C11H14N2O. The van der Waals surface area contributed by atoms with Gasteiger partial charge in [0.25, 0.3) is 0 Å². The van der Waals surface area contributed by atoms with Crippen LogP contribution in [-0.2, 0) is 6.54 Å². The first-order valence-electron chi connectivity index (χ1n) is 4.61. The highest BCUT2D eigenvalue weighted by atomic mass is 16.5. The summed E-state index contributed by atoms with van der Waals surface area (Å²) < 4.78 is 5.29. The molecule has 1 aromatic heterocycles. The summed E-state index contributed by atoms with van der Waals surface area (Å²) in [5.41, 5.74) is 8.98. The molecule has 2 aromatic rings. The molecule has 0 saturated heterocycles. The summed E-state index contributed by atoms with van der Waals surface area (Å²) in [5, 5.41) is 1.16. The first-order valence-corrected chi connectivity index (χ1v) is 4.61. The molecule has 74 valence electrons. The van der Waals surface area contributed by atoms with Crippen molar-refractivity contribution in [2.75, 3.05) is 7.11 Å². The van der Waals surface area contributed by atoms with E-state index < -0.39 is 0 Å². The lowest BCUT2D eigenvalue weighted by molar-refractivity contribution is 0.418. The van der Waals surface area contributed by atoms with Crippen LogP contribution in [0.2, 0.25) is 0 Å². The number of benzene rings is 1. The van der Waals surface area contributed by atoms with Crippen molar-refractivity contribution < 1.29 is 4.74 Å². The largest absolute Gasteiger partial charge is 0.495 e. The van der Waals surface area contributed by atoms with Gasteiger partial charge in [0.15, 0.2) is 0 Å². The highest BCUT2D eigenvalue weighted by Gasteiger charge is 2.07. The maximum atomic E-state index is 5.64. The fourth-order valence-corrected chi connectivity index (χ4v) is 1.72. The summed E-state index contributed by atoms with van der Waals surface area (Å²) in [4.78, 5) is 3.18. The molecule has 0 amide bonds. The minimum Gasteiger partial charge on any atom is -0.495 e. The van der Waals surface area contributed by atoms with Gasteiger partial charge in [0.05, 0.1) is 12.6 Å². The molecule has 3 heteroatoms. The van der Waals surface area contributed by atoms with Crippen LogP contribution in [0.4, 0.5) is 0 Å². The molecule has 14 heavy (non-hydrogen) atoms. The highest BCUT2D eigenvalue weighted by molar-refractivity contribution is 5.89. The second-order valence-corrected chi connectivity index (χ2v) is 3.41. The maximum absolute atomic E-state index is 5.64. The third-order valence-electron chi connectivity index (χ3n) is 2.42. The lowest BCUT2D eigenvalue weighted by Crippen LogP contribution is -1.94. The SMILES string of the molecule is COc1cc(C)cc2c(CN)c[nH]c12. The van der Waals surface area contributed by atoms with E-state index in [1.54, 1.807) is 7.11 Å². The van der Waals surface area contributed by atoms with Crippen molar-refractivity contribution in [3.8, 4) is 5.75 Å². The minimum atomic E-state index is 0.548. The van der Waals surface area contributed by atoms with Crippen LogP contribution in [0.15, 0.2) is 18.3 Å². The first-order chi connectivity index (χ1) is 6.76. The Hall–Kier alpha value is -1.48. The number of hydrogen-bond acceptors (Lipinski definition) is 2. The number of aromatic amines is 1. The number of rotatable bonds is 2. The van der Waals surface area contributed by atoms with Gasteiger partial charge in [-0.2, -0.15) is 0 Å². The molecule has 3 N–H and O–H groups in total. The monoisotopic (exact) mass is 190 g/mol. The molecule has 1 aromatic carbocycles. The molecular weight excluding hydrogens is 176 g/mol. The summed E-state index contributed by atoms with van der Waals surface area (Å²) in [7, 11) is 1.68. The molecule has 3 nitrogen and oxygen atoms in total. The highest BCUT2D eigenvalue weighted by Crippen LogP contribution is 2.28. The van der Waals surface area contributed by atoms with Crippen molar-refractivity contribution in [3.63, 3.8) is 0 Å². The summed E-state index contributed by atoms with van der Waals surface area (Å²) in [6, 6.07) is 4.13. The lowest BCUT2D eigenvalue weighted by Gasteiger charge is -2.03. The Morgan fingerprint density at radius 1 is 1.43 bits per heavy atom. The van der Waals surface area contributed by atoms with Crippen molar-refractivity contribution in [1.82, 2.24) is 4.98 Å². The predicted molar refractivity (Wildman–Crippen MR) is 57.5 cm³/mol. The predicted octanol–water partition coefficient (Wildman–Crippen LogP) is 1.94. The van der Waals surface area contributed by atoms with E-state index in [1.807, 2.05) is 12.3 Å². The van der Waals surface area contributed by atoms with Crippen molar-refractivity contribution in [1.29, 1.82) is 0 Å². The summed E-state index contributed by atoms with van der Waals surface area (Å²) in [5.74, 6) is 0.875. The molecule has 0 atom stereocenters. The Morgan fingerprint density at radius 2 is 2.21 bits per heavy atom. The van der Waals surface area contributed by atoms with Crippen LogP contribution in [0.25, 0.3) is 10.9 Å². The molecule has 1 heterocycles. The smallest absolute Gasteiger partial charge is 0.143 e. The third-order valence-corrected chi connectivity index (χ3v) is 2.42. The number of aryl methyl sites for hydroxylation is 1. The van der Waals surface area contributed by atoms with Crippen molar-refractivity contribution in [2.45, 2.75) is 13.5 Å². The van der Waals surface area contributed by atoms with Gasteiger partial charge in [-0.15, -0.1) is 0 Å². The van der Waals surface area contributed by atoms with Gasteiger partial charge in [-0.1, -0.05) is 0 Å². The van der Waals surface area contributed by atoms with Crippen LogP contribution in [0.3, 0.4) is 0 Å². The maximum Gasteiger partial charge on any atom is 0.143 e. The average Bonchev–Trinajstić information content (AvgIpc) is 2.59. The van der Waals surface area contributed by atoms with Crippen molar-refractivity contribution >= 4 is 10.9 Å². The van der Waals surface area contributed by atoms with Crippen LogP contribution in [0.1, 0.15) is 11.1 Å². The van der Waals surface area contributed by atoms with E-state index in [4.69, 9.17) is 10.5 Å². The van der Waals surface area contributed by atoms with E-state index in [0.29, 0.717) is 6.54 Å². The van der Waals surface area contributed by atoms with Crippen molar-refractivity contribution in [2.24, 2.45) is 5.73 Å². The normalized spacial score (nSPS) is 10.8. The fraction of sp³-hybridized carbons (Fsp3) is 0.273. The quantitative estimate of drug-likeness (QED) is 0.760. The van der Waals surface area contributed by atoms with Crippen molar-refractivity contribution in [3.05, 3.63) is 29.5 Å². The molecule has 0 saturated carbocycles. The van der Waals surface area contributed by atoms with Gasteiger partial charge in [0.1, 0.15) is 5.75 Å². The Balaban J connectivity index is 2.76. The van der Waals surface area contributed by atoms with Crippen LogP contribution >= 0.6 is 0 Å². The standard InChI is InChI=1S/C11H14N2O/c1-7-3-9-8(5-12)6-13-11(9)10(4-7)14-2/h3-4,6,13H,5,12H2,1-2H3. The van der Waals surface area contributed by atoms with Gasteiger partial charge >= 0.3 is 0 Å². The topological polar surface area (TPSA) is 51.0 Å². The molecule has 0 unspecified atom stereocenters. The average molecular weight is 190 g/mol. The number of aromatic nitrogens is 1. The minimum absolute atomic E-state index is 0.548. The number of nitrogens with one attached hydrogen (secondary N) is 1.